The van der Waals surface area contributed by atoms with Gasteiger partial charge in [-0.05, 0) is 31.4 Å². The van der Waals surface area contributed by atoms with Crippen LogP contribution in [-0.2, 0) is 11.2 Å². The molecule has 0 atom stereocenters. The number of aromatic nitrogens is 4. The number of imidazole rings is 1. The molecule has 23 heavy (non-hydrogen) atoms. The van der Waals surface area contributed by atoms with Crippen LogP contribution in [0.25, 0.3) is 5.65 Å². The Morgan fingerprint density at radius 1 is 1.30 bits per heavy atom. The Labute approximate surface area is 131 Å². The van der Waals surface area contributed by atoms with Crippen molar-refractivity contribution in [2.45, 2.75) is 31.7 Å². The van der Waals surface area contributed by atoms with Crippen LogP contribution in [0.2, 0.25) is 0 Å². The Hall–Kier alpha value is -2.70. The summed E-state index contributed by atoms with van der Waals surface area (Å²) in [7, 11) is 0. The van der Waals surface area contributed by atoms with E-state index < -0.39 is 0 Å². The Kier molecular flexibility index (Phi) is 3.33. The minimum atomic E-state index is -0.339. The van der Waals surface area contributed by atoms with Crippen molar-refractivity contribution in [3.05, 3.63) is 48.4 Å². The van der Waals surface area contributed by atoms with Gasteiger partial charge in [-0.1, -0.05) is 0 Å². The van der Waals surface area contributed by atoms with Crippen molar-refractivity contribution in [1.82, 2.24) is 19.2 Å². The highest BCUT2D eigenvalue weighted by Gasteiger charge is 2.20. The van der Waals surface area contributed by atoms with E-state index >= 15 is 0 Å². The number of hydrogen-bond donors (Lipinski definition) is 1. The summed E-state index contributed by atoms with van der Waals surface area (Å²) in [5, 5.41) is 7.11. The summed E-state index contributed by atoms with van der Waals surface area (Å²) in [6.45, 7) is 0. The van der Waals surface area contributed by atoms with Gasteiger partial charge in [0.1, 0.15) is 11.5 Å². The highest BCUT2D eigenvalue weighted by molar-refractivity contribution is 5.91. The Balaban J connectivity index is 1.43. The van der Waals surface area contributed by atoms with Crippen LogP contribution in [0.3, 0.4) is 0 Å². The molecule has 6 nitrogen and oxygen atoms in total. The minimum Gasteiger partial charge on any atom is -0.323 e. The van der Waals surface area contributed by atoms with Crippen molar-refractivity contribution < 1.29 is 9.18 Å². The molecule has 1 amide bonds. The molecule has 3 heterocycles. The molecule has 3 aromatic heterocycles. The standard InChI is InChI=1S/C16H16FN5O/c17-11-4-5-15-19-12(9-21(15)8-11)6-16(23)20-13-7-18-22(10-13)14-2-1-3-14/h4-5,7-10,14H,1-3,6H2,(H,20,23). The van der Waals surface area contributed by atoms with Crippen LogP contribution >= 0.6 is 0 Å². The third-order valence-electron chi connectivity index (χ3n) is 4.14. The number of fused-ring (bicyclic) bond motifs is 1. The van der Waals surface area contributed by atoms with Gasteiger partial charge in [-0.25, -0.2) is 9.37 Å². The smallest absolute Gasteiger partial charge is 0.230 e. The van der Waals surface area contributed by atoms with Crippen molar-refractivity contribution in [3.63, 3.8) is 0 Å². The van der Waals surface area contributed by atoms with Gasteiger partial charge >= 0.3 is 0 Å². The second-order valence-electron chi connectivity index (χ2n) is 5.86. The Morgan fingerprint density at radius 2 is 2.17 bits per heavy atom. The van der Waals surface area contributed by atoms with E-state index in [-0.39, 0.29) is 18.1 Å². The van der Waals surface area contributed by atoms with Gasteiger partial charge in [0.15, 0.2) is 0 Å². The number of nitrogens with one attached hydrogen (secondary N) is 1. The maximum atomic E-state index is 13.2. The highest BCUT2D eigenvalue weighted by Crippen LogP contribution is 2.31. The Bertz CT molecular complexity index is 864. The zero-order valence-electron chi connectivity index (χ0n) is 12.4. The number of anilines is 1. The molecule has 7 heteroatoms. The number of hydrogen-bond acceptors (Lipinski definition) is 3. The molecule has 0 aliphatic heterocycles. The van der Waals surface area contributed by atoms with E-state index in [2.05, 4.69) is 15.4 Å². The summed E-state index contributed by atoms with van der Waals surface area (Å²) in [5.74, 6) is -0.503. The summed E-state index contributed by atoms with van der Waals surface area (Å²) < 4.78 is 16.6. The molecule has 1 aliphatic rings. The lowest BCUT2D eigenvalue weighted by molar-refractivity contribution is -0.115. The fourth-order valence-corrected chi connectivity index (χ4v) is 2.73. The first-order valence-corrected chi connectivity index (χ1v) is 7.64. The van der Waals surface area contributed by atoms with Crippen LogP contribution in [-0.4, -0.2) is 25.1 Å². The van der Waals surface area contributed by atoms with Crippen molar-refractivity contribution >= 4 is 17.2 Å². The van der Waals surface area contributed by atoms with Crippen LogP contribution in [0.1, 0.15) is 31.0 Å². The topological polar surface area (TPSA) is 64.2 Å². The molecule has 1 aliphatic carbocycles. The molecule has 4 rings (SSSR count). The Morgan fingerprint density at radius 3 is 2.96 bits per heavy atom. The molecule has 0 bridgehead atoms. The third kappa shape index (κ3) is 2.81. The predicted octanol–water partition coefficient (Wildman–Crippen LogP) is 2.58. The molecule has 1 fully saturated rings. The first-order chi connectivity index (χ1) is 11.2. The van der Waals surface area contributed by atoms with Crippen LogP contribution in [0.4, 0.5) is 10.1 Å². The molecule has 3 aromatic rings. The van der Waals surface area contributed by atoms with E-state index in [9.17, 15) is 9.18 Å². The largest absolute Gasteiger partial charge is 0.323 e. The normalized spacial score (nSPS) is 14.8. The monoisotopic (exact) mass is 313 g/mol. The molecular formula is C16H16FN5O. The maximum absolute atomic E-state index is 13.2. The van der Waals surface area contributed by atoms with Gasteiger partial charge < -0.3 is 9.72 Å². The van der Waals surface area contributed by atoms with Crippen molar-refractivity contribution in [2.24, 2.45) is 0 Å². The minimum absolute atomic E-state index is 0.137. The van der Waals surface area contributed by atoms with Gasteiger partial charge in [0.05, 0.1) is 30.0 Å². The molecular weight excluding hydrogens is 297 g/mol. The molecule has 0 unspecified atom stereocenters. The maximum Gasteiger partial charge on any atom is 0.230 e. The van der Waals surface area contributed by atoms with Crippen molar-refractivity contribution in [1.29, 1.82) is 0 Å². The number of nitrogens with zero attached hydrogens (tertiary/aromatic N) is 4. The van der Waals surface area contributed by atoms with Gasteiger partial charge in [0, 0.05) is 18.6 Å². The molecule has 1 saturated carbocycles. The first kappa shape index (κ1) is 13.9. The lowest BCUT2D eigenvalue weighted by Crippen LogP contribution is -2.17. The van der Waals surface area contributed by atoms with Crippen LogP contribution in [0.15, 0.2) is 36.9 Å². The SMILES string of the molecule is O=C(Cc1cn2cc(F)ccc2n1)Nc1cnn(C2CCC2)c1. The van der Waals surface area contributed by atoms with E-state index in [0.29, 0.717) is 23.1 Å². The van der Waals surface area contributed by atoms with Gasteiger partial charge in [0.25, 0.3) is 0 Å². The van der Waals surface area contributed by atoms with E-state index in [1.54, 1.807) is 22.9 Å². The highest BCUT2D eigenvalue weighted by atomic mass is 19.1. The average molecular weight is 313 g/mol. The number of amides is 1. The predicted molar refractivity (Wildman–Crippen MR) is 82.6 cm³/mol. The number of pyridine rings is 1. The summed E-state index contributed by atoms with van der Waals surface area (Å²) >= 11 is 0. The number of carbonyl (C=O) groups is 1. The van der Waals surface area contributed by atoms with E-state index in [1.165, 1.54) is 18.7 Å². The van der Waals surface area contributed by atoms with Crippen molar-refractivity contribution in [3.8, 4) is 0 Å². The van der Waals surface area contributed by atoms with Crippen LogP contribution in [0, 0.1) is 5.82 Å². The van der Waals surface area contributed by atoms with E-state index in [1.807, 2.05) is 10.9 Å². The molecule has 0 saturated heterocycles. The second-order valence-corrected chi connectivity index (χ2v) is 5.86. The lowest BCUT2D eigenvalue weighted by Gasteiger charge is -2.25. The van der Waals surface area contributed by atoms with Crippen molar-refractivity contribution in [2.75, 3.05) is 5.32 Å². The van der Waals surface area contributed by atoms with E-state index in [4.69, 9.17) is 0 Å². The quantitative estimate of drug-likeness (QED) is 0.805. The number of carbonyl (C=O) groups excluding carboxylic acids is 1. The average Bonchev–Trinajstić information content (AvgIpc) is 3.03. The third-order valence-corrected chi connectivity index (χ3v) is 4.14. The summed E-state index contributed by atoms with van der Waals surface area (Å²) in [5.41, 5.74) is 1.91. The van der Waals surface area contributed by atoms with Crippen LogP contribution < -0.4 is 5.32 Å². The molecule has 0 radical (unpaired) electrons. The summed E-state index contributed by atoms with van der Waals surface area (Å²) in [6.07, 6.45) is 10.2. The van der Waals surface area contributed by atoms with E-state index in [0.717, 1.165) is 12.8 Å². The zero-order valence-corrected chi connectivity index (χ0v) is 12.4. The summed E-state index contributed by atoms with van der Waals surface area (Å²) in [4.78, 5) is 16.4. The van der Waals surface area contributed by atoms with Crippen LogP contribution in [0.5, 0.6) is 0 Å². The van der Waals surface area contributed by atoms with Gasteiger partial charge in [-0.15, -0.1) is 0 Å². The zero-order chi connectivity index (χ0) is 15.8. The van der Waals surface area contributed by atoms with Gasteiger partial charge in [-0.3, -0.25) is 9.48 Å². The molecule has 0 aromatic carbocycles. The molecule has 1 N–H and O–H groups in total. The lowest BCUT2D eigenvalue weighted by atomic mass is 9.93. The molecule has 0 spiro atoms. The second kappa shape index (κ2) is 5.49. The van der Waals surface area contributed by atoms with Gasteiger partial charge in [-0.2, -0.15) is 5.10 Å². The summed E-state index contributed by atoms with van der Waals surface area (Å²) in [6, 6.07) is 3.40. The molecule has 118 valence electrons. The number of halogens is 1. The first-order valence-electron chi connectivity index (χ1n) is 7.64. The fourth-order valence-electron chi connectivity index (χ4n) is 2.73. The van der Waals surface area contributed by atoms with Gasteiger partial charge in [0.2, 0.25) is 5.91 Å². The fraction of sp³-hybridized carbons (Fsp3) is 0.312. The number of rotatable bonds is 4.